The Bertz CT molecular complexity index is 486. The van der Waals surface area contributed by atoms with Gasteiger partial charge in [0.05, 0.1) is 6.10 Å². The molecule has 18 heavy (non-hydrogen) atoms. The molecule has 4 rings (SSSR count). The van der Waals surface area contributed by atoms with Gasteiger partial charge < -0.3 is 14.2 Å². The highest BCUT2D eigenvalue weighted by Gasteiger charge is 2.80. The number of fused-ring (bicyclic) bond motifs is 1. The van der Waals surface area contributed by atoms with Gasteiger partial charge in [0.2, 0.25) is 3.23 Å². The summed E-state index contributed by atoms with van der Waals surface area (Å²) in [6, 6.07) is -0.574. The van der Waals surface area contributed by atoms with Crippen LogP contribution >= 0.6 is 31.9 Å². The van der Waals surface area contributed by atoms with E-state index in [1.165, 1.54) is 4.90 Å². The fraction of sp³-hybridized carbons (Fsp3) is 0.778. The third kappa shape index (κ3) is 0.998. The second-order valence-electron chi connectivity index (χ2n) is 4.68. The minimum Gasteiger partial charge on any atom is -0.349 e. The number of nitrogens with zero attached hydrogens (tertiary/aromatic N) is 1. The van der Waals surface area contributed by atoms with Gasteiger partial charge in [0.25, 0.3) is 11.8 Å². The lowest BCUT2D eigenvalue weighted by Gasteiger charge is -2.46. The largest absolute Gasteiger partial charge is 0.349 e. The monoisotopic (exact) mass is 382 g/mol. The molecule has 1 unspecified atom stereocenters. The highest BCUT2D eigenvalue weighted by Crippen LogP contribution is 2.59. The average Bonchev–Trinajstić information content (AvgIpc) is 2.85. The van der Waals surface area contributed by atoms with E-state index in [-0.39, 0.29) is 18.3 Å². The first-order valence-corrected chi connectivity index (χ1v) is 7.01. The van der Waals surface area contributed by atoms with Gasteiger partial charge in [-0.15, -0.1) is 0 Å². The molecule has 0 aromatic heterocycles. The number of ether oxygens (including phenoxy) is 3. The summed E-state index contributed by atoms with van der Waals surface area (Å²) in [7, 11) is 0. The first kappa shape index (κ1) is 11.6. The minimum absolute atomic E-state index is 0.191. The fourth-order valence-corrected chi connectivity index (χ4v) is 3.86. The second kappa shape index (κ2) is 3.09. The van der Waals surface area contributed by atoms with Gasteiger partial charge >= 0.3 is 6.03 Å². The van der Waals surface area contributed by atoms with Crippen molar-refractivity contribution in [2.45, 2.75) is 40.6 Å². The van der Waals surface area contributed by atoms with E-state index >= 15 is 0 Å². The average molecular weight is 384 g/mol. The van der Waals surface area contributed by atoms with Crippen molar-refractivity contribution in [1.29, 1.82) is 0 Å². The van der Waals surface area contributed by atoms with E-state index < -0.39 is 27.3 Å². The molecule has 9 heteroatoms. The Labute approximate surface area is 118 Å². The molecule has 0 radical (unpaired) electrons. The minimum atomic E-state index is -1.49. The third-order valence-electron chi connectivity index (χ3n) is 3.71. The van der Waals surface area contributed by atoms with Crippen LogP contribution in [0.5, 0.6) is 0 Å². The molecule has 1 spiro atoms. The summed E-state index contributed by atoms with van der Waals surface area (Å²) in [6.07, 6.45) is -1.37. The molecular formula is C9H8Br2N2O5. The van der Waals surface area contributed by atoms with Gasteiger partial charge in [-0.2, -0.15) is 0 Å². The van der Waals surface area contributed by atoms with Crippen LogP contribution < -0.4 is 5.32 Å². The van der Waals surface area contributed by atoms with Crippen molar-refractivity contribution < 1.29 is 23.8 Å². The lowest BCUT2D eigenvalue weighted by Crippen LogP contribution is -2.73. The first-order chi connectivity index (χ1) is 8.38. The lowest BCUT2D eigenvalue weighted by atomic mass is 10.1. The molecule has 4 saturated heterocycles. The van der Waals surface area contributed by atoms with Crippen molar-refractivity contribution in [3.63, 3.8) is 0 Å². The number of carbonyl (C=O) groups excluding carboxylic acids is 2. The summed E-state index contributed by atoms with van der Waals surface area (Å²) in [4.78, 5) is 25.2. The molecule has 4 aliphatic heterocycles. The van der Waals surface area contributed by atoms with Crippen LogP contribution in [0, 0.1) is 0 Å². The highest BCUT2D eigenvalue weighted by atomic mass is 79.9. The van der Waals surface area contributed by atoms with E-state index in [0.717, 1.165) is 0 Å². The maximum absolute atomic E-state index is 12.0. The SMILES string of the molecule is C[C@H]1O[C@@H]2[C@H]3OC4(O[C@H]31)N2C(=O)NC(=O)C4(Br)Br. The molecule has 98 valence electrons. The molecule has 0 aliphatic carbocycles. The lowest BCUT2D eigenvalue weighted by molar-refractivity contribution is -0.233. The van der Waals surface area contributed by atoms with Gasteiger partial charge in [0.15, 0.2) is 6.23 Å². The summed E-state index contributed by atoms with van der Waals surface area (Å²) in [6.45, 7) is 1.85. The molecule has 0 aromatic rings. The number of nitrogens with one attached hydrogen (secondary N) is 1. The van der Waals surface area contributed by atoms with E-state index in [9.17, 15) is 9.59 Å². The number of imide groups is 1. The molecule has 7 nitrogen and oxygen atoms in total. The van der Waals surface area contributed by atoms with Crippen LogP contribution in [0.2, 0.25) is 0 Å². The van der Waals surface area contributed by atoms with Crippen LogP contribution in [-0.4, -0.2) is 50.5 Å². The normalized spacial score (nSPS) is 51.6. The zero-order valence-electron chi connectivity index (χ0n) is 9.05. The van der Waals surface area contributed by atoms with Gasteiger partial charge in [-0.05, 0) is 6.92 Å². The Morgan fingerprint density at radius 3 is 2.67 bits per heavy atom. The van der Waals surface area contributed by atoms with Crippen LogP contribution in [-0.2, 0) is 19.0 Å². The Morgan fingerprint density at radius 1 is 1.28 bits per heavy atom. The maximum Gasteiger partial charge on any atom is 0.330 e. The molecule has 1 N–H and O–H groups in total. The van der Waals surface area contributed by atoms with Crippen molar-refractivity contribution in [1.82, 2.24) is 10.2 Å². The number of hydrogen-bond donors (Lipinski definition) is 1. The van der Waals surface area contributed by atoms with Crippen LogP contribution in [0.1, 0.15) is 6.92 Å². The smallest absolute Gasteiger partial charge is 0.330 e. The Kier molecular flexibility index (Phi) is 1.99. The summed E-state index contributed by atoms with van der Waals surface area (Å²) < 4.78 is 15.9. The molecule has 3 amide bonds. The predicted molar refractivity (Wildman–Crippen MR) is 62.8 cm³/mol. The number of rotatable bonds is 0. The van der Waals surface area contributed by atoms with Crippen molar-refractivity contribution in [3.8, 4) is 0 Å². The number of carbonyl (C=O) groups is 2. The highest BCUT2D eigenvalue weighted by molar-refractivity contribution is 9.26. The standard InChI is InChI=1S/C9H8Br2N2O5/c1-2-3-4-5(16-2)13-7(15)12-6(14)8(10,11)9(13,17-3)18-4/h2-5H,1H3,(H,12,14,15)/t2-,3+,4+,5-,9?/m1/s1. The Balaban J connectivity index is 1.89. The number of amides is 3. The Hall–Kier alpha value is -0.220. The molecular weight excluding hydrogens is 376 g/mol. The molecule has 0 aromatic carbocycles. The van der Waals surface area contributed by atoms with Gasteiger partial charge in [0.1, 0.15) is 12.2 Å². The number of urea groups is 1. The third-order valence-corrected chi connectivity index (χ3v) is 5.43. The number of halogens is 2. The summed E-state index contributed by atoms with van der Waals surface area (Å²) in [5.74, 6) is -2.05. The zero-order valence-corrected chi connectivity index (χ0v) is 12.2. The summed E-state index contributed by atoms with van der Waals surface area (Å²) in [5, 5.41) is 2.23. The van der Waals surface area contributed by atoms with E-state index in [1.54, 1.807) is 0 Å². The van der Waals surface area contributed by atoms with Gasteiger partial charge in [-0.25, -0.2) is 9.69 Å². The maximum atomic E-state index is 12.0. The number of alkyl halides is 2. The van der Waals surface area contributed by atoms with Gasteiger partial charge in [0, 0.05) is 0 Å². The van der Waals surface area contributed by atoms with Crippen LogP contribution in [0.15, 0.2) is 0 Å². The quantitative estimate of drug-likeness (QED) is 0.605. The van der Waals surface area contributed by atoms with Crippen molar-refractivity contribution in [3.05, 3.63) is 0 Å². The van der Waals surface area contributed by atoms with Crippen molar-refractivity contribution in [2.24, 2.45) is 0 Å². The molecule has 0 saturated carbocycles. The molecule has 4 heterocycles. The number of hydrogen-bond acceptors (Lipinski definition) is 5. The molecule has 4 fully saturated rings. The van der Waals surface area contributed by atoms with E-state index in [0.29, 0.717) is 0 Å². The molecule has 4 aliphatic rings. The van der Waals surface area contributed by atoms with Crippen molar-refractivity contribution >= 4 is 43.8 Å². The van der Waals surface area contributed by atoms with E-state index in [1.807, 2.05) is 6.92 Å². The van der Waals surface area contributed by atoms with Gasteiger partial charge in [-0.3, -0.25) is 10.1 Å². The van der Waals surface area contributed by atoms with E-state index in [2.05, 4.69) is 37.2 Å². The van der Waals surface area contributed by atoms with Gasteiger partial charge in [-0.1, -0.05) is 31.9 Å². The van der Waals surface area contributed by atoms with Crippen molar-refractivity contribution in [2.75, 3.05) is 0 Å². The zero-order chi connectivity index (χ0) is 12.9. The molecule has 5 atom stereocenters. The van der Waals surface area contributed by atoms with Crippen LogP contribution in [0.3, 0.4) is 0 Å². The van der Waals surface area contributed by atoms with Crippen LogP contribution in [0.25, 0.3) is 0 Å². The fourth-order valence-electron chi connectivity index (χ4n) is 2.91. The first-order valence-electron chi connectivity index (χ1n) is 5.42. The van der Waals surface area contributed by atoms with Crippen LogP contribution in [0.4, 0.5) is 4.79 Å². The second-order valence-corrected chi connectivity index (χ2v) is 8.13. The summed E-state index contributed by atoms with van der Waals surface area (Å²) >= 11 is 6.49. The Morgan fingerprint density at radius 2 is 1.94 bits per heavy atom. The van der Waals surface area contributed by atoms with E-state index in [4.69, 9.17) is 14.2 Å². The molecule has 2 bridgehead atoms. The summed E-state index contributed by atoms with van der Waals surface area (Å²) in [5.41, 5.74) is 0. The topological polar surface area (TPSA) is 77.1 Å². The predicted octanol–water partition coefficient (Wildman–Crippen LogP) is 0.221.